The molecule has 0 aliphatic carbocycles. The summed E-state index contributed by atoms with van der Waals surface area (Å²) in [4.78, 5) is 34.6. The van der Waals surface area contributed by atoms with E-state index in [1.807, 2.05) is 30.3 Å². The fourth-order valence-electron chi connectivity index (χ4n) is 2.62. The van der Waals surface area contributed by atoms with Crippen LogP contribution in [0.5, 0.6) is 0 Å². The molecule has 162 valence electrons. The summed E-state index contributed by atoms with van der Waals surface area (Å²) < 4.78 is 5.52. The number of aliphatic carboxylic acids is 1. The summed E-state index contributed by atoms with van der Waals surface area (Å²) in [6.07, 6.45) is -1.31. The fraction of sp³-hybridized carbons (Fsp3) is 0.389. The first kappa shape index (κ1) is 22.8. The number of aliphatic hydroxyl groups is 1. The van der Waals surface area contributed by atoms with E-state index >= 15 is 0 Å². The first-order valence-electron chi connectivity index (χ1n) is 9.06. The number of aliphatic hydroxyl groups excluding tert-OH is 1. The summed E-state index contributed by atoms with van der Waals surface area (Å²) in [7, 11) is 0. The van der Waals surface area contributed by atoms with Crippen molar-refractivity contribution >= 4 is 17.9 Å². The van der Waals surface area contributed by atoms with Gasteiger partial charge in [-0.1, -0.05) is 30.3 Å². The van der Waals surface area contributed by atoms with Crippen molar-refractivity contribution in [3.8, 4) is 0 Å². The third-order valence-electron chi connectivity index (χ3n) is 4.12. The minimum Gasteiger partial charge on any atom is -0.480 e. The minimum absolute atomic E-state index is 0.0953. The van der Waals surface area contributed by atoms with Gasteiger partial charge in [0.15, 0.2) is 6.04 Å². The van der Waals surface area contributed by atoms with Gasteiger partial charge < -0.3 is 36.7 Å². The number of hydrogen-bond acceptors (Lipinski definition) is 8. The number of amides is 3. The molecule has 4 atom stereocenters. The molecule has 1 aromatic carbocycles. The number of rotatable bonds is 10. The molecule has 0 radical (unpaired) electrons. The zero-order valence-corrected chi connectivity index (χ0v) is 16.2. The number of urea groups is 1. The lowest BCUT2D eigenvalue weighted by molar-refractivity contribution is -0.141. The van der Waals surface area contributed by atoms with Crippen molar-refractivity contribution in [3.05, 3.63) is 47.7 Å². The van der Waals surface area contributed by atoms with Gasteiger partial charge in [0.1, 0.15) is 6.04 Å². The molecule has 1 aromatic heterocycles. The molecule has 3 amide bonds. The Morgan fingerprint density at radius 1 is 1.13 bits per heavy atom. The van der Waals surface area contributed by atoms with Crippen molar-refractivity contribution in [1.82, 2.24) is 20.8 Å². The number of carbonyl (C=O) groups excluding carboxylic acids is 2. The summed E-state index contributed by atoms with van der Waals surface area (Å²) in [6.45, 7) is 1.21. The lowest BCUT2D eigenvalue weighted by atomic mass is 10.1. The molecule has 12 heteroatoms. The number of carboxylic acid groups (broad SMARTS) is 1. The number of aromatic nitrogens is 2. The number of carboxylic acids is 1. The van der Waals surface area contributed by atoms with Gasteiger partial charge in [-0.25, -0.2) is 9.59 Å². The van der Waals surface area contributed by atoms with Crippen LogP contribution < -0.4 is 22.1 Å². The van der Waals surface area contributed by atoms with Gasteiger partial charge >= 0.3 is 12.0 Å². The Bertz CT molecular complexity index is 871. The number of carbonyl (C=O) groups is 3. The van der Waals surface area contributed by atoms with Gasteiger partial charge in [0.25, 0.3) is 0 Å². The van der Waals surface area contributed by atoms with E-state index in [1.165, 1.54) is 6.92 Å². The molecule has 2 aromatic rings. The van der Waals surface area contributed by atoms with Crippen LogP contribution >= 0.6 is 0 Å². The molecule has 0 aliphatic heterocycles. The van der Waals surface area contributed by atoms with Crippen LogP contribution in [-0.2, 0) is 16.0 Å². The largest absolute Gasteiger partial charge is 0.480 e. The molecule has 0 spiro atoms. The molecular formula is C18H24N6O6. The van der Waals surface area contributed by atoms with Crippen LogP contribution in [-0.4, -0.2) is 50.5 Å². The van der Waals surface area contributed by atoms with Gasteiger partial charge in [-0.2, -0.15) is 0 Å². The number of primary amides is 1. The summed E-state index contributed by atoms with van der Waals surface area (Å²) in [6, 6.07) is 5.12. The Morgan fingerprint density at radius 2 is 1.77 bits per heavy atom. The number of nitrogens with one attached hydrogen (secondary N) is 2. The minimum atomic E-state index is -1.56. The van der Waals surface area contributed by atoms with Crippen molar-refractivity contribution in [1.29, 1.82) is 0 Å². The van der Waals surface area contributed by atoms with Crippen molar-refractivity contribution in [2.75, 3.05) is 0 Å². The SMILES string of the molecule is CC(O)C(NC(=O)NC(CC(N)=O)c1nnc(C(N)Cc2ccccc2)o1)C(=O)O. The average Bonchev–Trinajstić information content (AvgIpc) is 3.16. The summed E-state index contributed by atoms with van der Waals surface area (Å²) in [5, 5.41) is 30.6. The van der Waals surface area contributed by atoms with Crippen LogP contribution in [0.25, 0.3) is 0 Å². The second kappa shape index (κ2) is 10.3. The van der Waals surface area contributed by atoms with E-state index in [0.717, 1.165) is 5.56 Å². The smallest absolute Gasteiger partial charge is 0.328 e. The number of nitrogens with zero attached hydrogens (tertiary/aromatic N) is 2. The molecule has 30 heavy (non-hydrogen) atoms. The maximum atomic E-state index is 12.1. The highest BCUT2D eigenvalue weighted by Crippen LogP contribution is 2.20. The van der Waals surface area contributed by atoms with Gasteiger partial charge in [0, 0.05) is 0 Å². The molecule has 0 saturated heterocycles. The maximum Gasteiger partial charge on any atom is 0.328 e. The van der Waals surface area contributed by atoms with Crippen molar-refractivity contribution in [3.63, 3.8) is 0 Å². The van der Waals surface area contributed by atoms with Crippen LogP contribution in [0.3, 0.4) is 0 Å². The van der Waals surface area contributed by atoms with Gasteiger partial charge in [-0.3, -0.25) is 4.79 Å². The Labute approximate surface area is 171 Å². The maximum absolute atomic E-state index is 12.1. The molecule has 8 N–H and O–H groups in total. The Hall–Kier alpha value is -3.51. The van der Waals surface area contributed by atoms with E-state index in [9.17, 15) is 19.5 Å². The molecule has 1 heterocycles. The van der Waals surface area contributed by atoms with Crippen LogP contribution in [0.4, 0.5) is 4.79 Å². The predicted molar refractivity (Wildman–Crippen MR) is 103 cm³/mol. The van der Waals surface area contributed by atoms with Crippen LogP contribution in [0.2, 0.25) is 0 Å². The van der Waals surface area contributed by atoms with Crippen molar-refractivity contribution in [2.24, 2.45) is 11.5 Å². The first-order valence-corrected chi connectivity index (χ1v) is 9.06. The van der Waals surface area contributed by atoms with Crippen LogP contribution in [0.15, 0.2) is 34.7 Å². The molecule has 4 unspecified atom stereocenters. The summed E-state index contributed by atoms with van der Waals surface area (Å²) in [5.41, 5.74) is 12.3. The molecule has 12 nitrogen and oxygen atoms in total. The molecule has 2 rings (SSSR count). The molecular weight excluding hydrogens is 396 g/mol. The fourth-order valence-corrected chi connectivity index (χ4v) is 2.62. The lowest BCUT2D eigenvalue weighted by Crippen LogP contribution is -2.52. The van der Waals surface area contributed by atoms with E-state index in [2.05, 4.69) is 20.8 Å². The Morgan fingerprint density at radius 3 is 2.33 bits per heavy atom. The van der Waals surface area contributed by atoms with E-state index in [1.54, 1.807) is 0 Å². The molecule has 0 saturated carbocycles. The standard InChI is InChI=1S/C18H24N6O6/c1-9(25)14(17(27)28)22-18(29)21-12(8-13(20)26)16-24-23-15(30-16)11(19)7-10-5-3-2-4-6-10/h2-6,9,11-12,14,25H,7-8,19H2,1H3,(H2,20,26)(H,27,28)(H2,21,22,29). The highest BCUT2D eigenvalue weighted by molar-refractivity contribution is 5.83. The number of nitrogens with two attached hydrogens (primary N) is 2. The topological polar surface area (TPSA) is 207 Å². The molecule has 0 fully saturated rings. The molecule has 0 aliphatic rings. The second-order valence-electron chi connectivity index (χ2n) is 6.67. The summed E-state index contributed by atoms with van der Waals surface area (Å²) >= 11 is 0. The van der Waals surface area contributed by atoms with Gasteiger partial charge in [0.2, 0.25) is 17.7 Å². The number of benzene rings is 1. The Balaban J connectivity index is 2.10. The van der Waals surface area contributed by atoms with Gasteiger partial charge in [0.05, 0.1) is 18.6 Å². The first-order chi connectivity index (χ1) is 14.2. The summed E-state index contributed by atoms with van der Waals surface area (Å²) in [5.74, 6) is -2.22. The van der Waals surface area contributed by atoms with E-state index in [4.69, 9.17) is 21.0 Å². The van der Waals surface area contributed by atoms with E-state index in [-0.39, 0.29) is 18.2 Å². The van der Waals surface area contributed by atoms with Gasteiger partial charge in [-0.15, -0.1) is 10.2 Å². The highest BCUT2D eigenvalue weighted by Gasteiger charge is 2.29. The zero-order valence-electron chi connectivity index (χ0n) is 16.2. The van der Waals surface area contributed by atoms with Crippen LogP contribution in [0, 0.1) is 0 Å². The average molecular weight is 420 g/mol. The normalized spacial score (nSPS) is 14.9. The quantitative estimate of drug-likeness (QED) is 0.288. The lowest BCUT2D eigenvalue weighted by Gasteiger charge is -2.19. The highest BCUT2D eigenvalue weighted by atomic mass is 16.4. The third kappa shape index (κ3) is 6.53. The van der Waals surface area contributed by atoms with E-state index < -0.39 is 42.1 Å². The monoisotopic (exact) mass is 420 g/mol. The zero-order chi connectivity index (χ0) is 22.3. The molecule has 0 bridgehead atoms. The van der Waals surface area contributed by atoms with Crippen molar-refractivity contribution < 1.29 is 29.0 Å². The third-order valence-corrected chi connectivity index (χ3v) is 4.12. The van der Waals surface area contributed by atoms with E-state index in [0.29, 0.717) is 6.42 Å². The Kier molecular flexibility index (Phi) is 7.83. The van der Waals surface area contributed by atoms with Gasteiger partial charge in [-0.05, 0) is 18.9 Å². The van der Waals surface area contributed by atoms with Crippen molar-refractivity contribution in [2.45, 2.75) is 44.0 Å². The second-order valence-corrected chi connectivity index (χ2v) is 6.67. The van der Waals surface area contributed by atoms with Crippen LogP contribution in [0.1, 0.15) is 42.8 Å². The predicted octanol–water partition coefficient (Wildman–Crippen LogP) is -0.638. The number of hydrogen-bond donors (Lipinski definition) is 6.